The lowest BCUT2D eigenvalue weighted by atomic mass is 9.98. The smallest absolute Gasteiger partial charge is 0.122 e. The van der Waals surface area contributed by atoms with Gasteiger partial charge in [-0.2, -0.15) is 0 Å². The maximum atomic E-state index is 6.41. The fourth-order valence-corrected chi connectivity index (χ4v) is 3.31. The van der Waals surface area contributed by atoms with Gasteiger partial charge < -0.3 is 10.2 Å². The molecule has 0 spiro atoms. The van der Waals surface area contributed by atoms with Crippen molar-refractivity contribution in [1.82, 2.24) is 4.90 Å². The number of rotatable bonds is 5. The number of nitrogens with two attached hydrogens (primary N) is 1. The van der Waals surface area contributed by atoms with Crippen LogP contribution in [0, 0.1) is 0 Å². The number of furan rings is 1. The third-order valence-electron chi connectivity index (χ3n) is 4.46. The minimum Gasteiger partial charge on any atom is -0.468 e. The molecule has 2 rings (SSSR count). The Hall–Kier alpha value is -0.800. The van der Waals surface area contributed by atoms with Gasteiger partial charge in [0.05, 0.1) is 12.3 Å². The van der Waals surface area contributed by atoms with Gasteiger partial charge in [-0.25, -0.2) is 0 Å². The summed E-state index contributed by atoms with van der Waals surface area (Å²) >= 11 is 0. The Balaban J connectivity index is 2.24. The molecule has 1 aromatic heterocycles. The average Bonchev–Trinajstić information content (AvgIpc) is 2.85. The normalized spacial score (nSPS) is 24.9. The average molecular weight is 264 g/mol. The molecule has 2 N–H and O–H groups in total. The third-order valence-corrected chi connectivity index (χ3v) is 4.46. The van der Waals surface area contributed by atoms with Crippen LogP contribution in [0.25, 0.3) is 0 Å². The summed E-state index contributed by atoms with van der Waals surface area (Å²) in [6.45, 7) is 5.61. The van der Waals surface area contributed by atoms with E-state index in [0.717, 1.165) is 18.7 Å². The van der Waals surface area contributed by atoms with E-state index in [1.165, 1.54) is 32.1 Å². The van der Waals surface area contributed by atoms with Crippen molar-refractivity contribution in [3.63, 3.8) is 0 Å². The Morgan fingerprint density at radius 2 is 2.21 bits per heavy atom. The Morgan fingerprint density at radius 3 is 2.84 bits per heavy atom. The summed E-state index contributed by atoms with van der Waals surface area (Å²) in [6.07, 6.45) is 9.23. The van der Waals surface area contributed by atoms with Crippen LogP contribution in [-0.4, -0.2) is 23.5 Å². The van der Waals surface area contributed by atoms with Crippen LogP contribution in [0.3, 0.4) is 0 Å². The van der Waals surface area contributed by atoms with Crippen LogP contribution in [0.2, 0.25) is 0 Å². The van der Waals surface area contributed by atoms with Crippen LogP contribution in [0.1, 0.15) is 64.2 Å². The molecule has 0 amide bonds. The van der Waals surface area contributed by atoms with E-state index in [0.29, 0.717) is 6.04 Å². The predicted octanol–water partition coefficient (Wildman–Crippen LogP) is 3.71. The summed E-state index contributed by atoms with van der Waals surface area (Å²) in [5, 5.41) is 0. The van der Waals surface area contributed by atoms with Crippen molar-refractivity contribution in [3.05, 3.63) is 24.2 Å². The molecule has 3 nitrogen and oxygen atoms in total. The van der Waals surface area contributed by atoms with Crippen LogP contribution < -0.4 is 5.73 Å². The summed E-state index contributed by atoms with van der Waals surface area (Å²) in [7, 11) is 0. The first-order chi connectivity index (χ1) is 9.27. The Labute approximate surface area is 117 Å². The lowest BCUT2D eigenvalue weighted by Gasteiger charge is -2.38. The van der Waals surface area contributed by atoms with E-state index >= 15 is 0 Å². The molecule has 1 aliphatic heterocycles. The summed E-state index contributed by atoms with van der Waals surface area (Å²) in [5.74, 6) is 1.04. The third kappa shape index (κ3) is 3.40. The molecule has 1 aliphatic rings. The largest absolute Gasteiger partial charge is 0.468 e. The molecule has 0 aromatic carbocycles. The van der Waals surface area contributed by atoms with E-state index in [-0.39, 0.29) is 12.1 Å². The number of likely N-dealkylation sites (tertiary alicyclic amines) is 1. The molecule has 0 radical (unpaired) electrons. The van der Waals surface area contributed by atoms with E-state index < -0.39 is 0 Å². The maximum absolute atomic E-state index is 6.41. The van der Waals surface area contributed by atoms with Gasteiger partial charge in [-0.1, -0.05) is 26.7 Å². The predicted molar refractivity (Wildman–Crippen MR) is 79.0 cm³/mol. The van der Waals surface area contributed by atoms with Gasteiger partial charge >= 0.3 is 0 Å². The van der Waals surface area contributed by atoms with Gasteiger partial charge in [-0.05, 0) is 44.4 Å². The molecule has 3 unspecified atom stereocenters. The van der Waals surface area contributed by atoms with Gasteiger partial charge in [0.15, 0.2) is 0 Å². The van der Waals surface area contributed by atoms with E-state index in [9.17, 15) is 0 Å². The second kappa shape index (κ2) is 7.11. The highest BCUT2D eigenvalue weighted by Crippen LogP contribution is 2.32. The minimum absolute atomic E-state index is 0.151. The Kier molecular flexibility index (Phi) is 5.46. The van der Waals surface area contributed by atoms with Crippen molar-refractivity contribution in [3.8, 4) is 0 Å². The molecular formula is C16H28N2O. The summed E-state index contributed by atoms with van der Waals surface area (Å²) < 4.78 is 5.68. The quantitative estimate of drug-likeness (QED) is 0.881. The van der Waals surface area contributed by atoms with Crippen LogP contribution in [-0.2, 0) is 0 Å². The van der Waals surface area contributed by atoms with E-state index in [4.69, 9.17) is 10.2 Å². The molecule has 0 saturated carbocycles. The highest BCUT2D eigenvalue weighted by atomic mass is 16.3. The highest BCUT2D eigenvalue weighted by Gasteiger charge is 2.32. The zero-order chi connectivity index (χ0) is 13.7. The van der Waals surface area contributed by atoms with Gasteiger partial charge in [-0.3, -0.25) is 4.90 Å². The number of hydrogen-bond acceptors (Lipinski definition) is 3. The van der Waals surface area contributed by atoms with Crippen LogP contribution in [0.5, 0.6) is 0 Å². The maximum Gasteiger partial charge on any atom is 0.122 e. The second-order valence-corrected chi connectivity index (χ2v) is 5.68. The summed E-state index contributed by atoms with van der Waals surface area (Å²) in [6, 6.07) is 5.10. The zero-order valence-electron chi connectivity index (χ0n) is 12.3. The van der Waals surface area contributed by atoms with Crippen LogP contribution in [0.15, 0.2) is 22.8 Å². The molecule has 3 heteroatoms. The standard InChI is InChI=1S/C16H28N2O/c1-3-13-9-6-5-7-11-18(13)16(14(17)4-2)15-10-8-12-19-15/h8,10,12-14,16H,3-7,9,11,17H2,1-2H3. The summed E-state index contributed by atoms with van der Waals surface area (Å²) in [5.41, 5.74) is 6.41. The molecule has 1 saturated heterocycles. The zero-order valence-corrected chi connectivity index (χ0v) is 12.3. The highest BCUT2D eigenvalue weighted by molar-refractivity contribution is 5.08. The molecular weight excluding hydrogens is 236 g/mol. The fourth-order valence-electron chi connectivity index (χ4n) is 3.31. The Bertz CT molecular complexity index is 350. The lowest BCUT2D eigenvalue weighted by Crippen LogP contribution is -2.45. The van der Waals surface area contributed by atoms with Crippen molar-refractivity contribution in [2.75, 3.05) is 6.54 Å². The van der Waals surface area contributed by atoms with Gasteiger partial charge in [0.25, 0.3) is 0 Å². The monoisotopic (exact) mass is 264 g/mol. The first kappa shape index (κ1) is 14.6. The number of hydrogen-bond donors (Lipinski definition) is 1. The van der Waals surface area contributed by atoms with E-state index in [1.54, 1.807) is 6.26 Å². The Morgan fingerprint density at radius 1 is 1.37 bits per heavy atom. The first-order valence-electron chi connectivity index (χ1n) is 7.82. The molecule has 19 heavy (non-hydrogen) atoms. The molecule has 0 aliphatic carbocycles. The first-order valence-corrected chi connectivity index (χ1v) is 7.82. The van der Waals surface area contributed by atoms with Crippen LogP contribution >= 0.6 is 0 Å². The number of nitrogens with zero attached hydrogens (tertiary/aromatic N) is 1. The molecule has 1 fully saturated rings. The molecule has 2 heterocycles. The van der Waals surface area contributed by atoms with Crippen molar-refractivity contribution < 1.29 is 4.42 Å². The lowest BCUT2D eigenvalue weighted by molar-refractivity contribution is 0.0963. The van der Waals surface area contributed by atoms with Crippen molar-refractivity contribution in [2.24, 2.45) is 5.73 Å². The topological polar surface area (TPSA) is 42.4 Å². The van der Waals surface area contributed by atoms with Crippen molar-refractivity contribution >= 4 is 0 Å². The summed E-state index contributed by atoms with van der Waals surface area (Å²) in [4.78, 5) is 2.61. The van der Waals surface area contributed by atoms with Crippen molar-refractivity contribution in [1.29, 1.82) is 0 Å². The van der Waals surface area contributed by atoms with Gasteiger partial charge in [0, 0.05) is 12.1 Å². The van der Waals surface area contributed by atoms with Gasteiger partial charge in [-0.15, -0.1) is 0 Å². The van der Waals surface area contributed by atoms with Gasteiger partial charge in [0.1, 0.15) is 5.76 Å². The van der Waals surface area contributed by atoms with E-state index in [1.807, 2.05) is 6.07 Å². The molecule has 0 bridgehead atoms. The minimum atomic E-state index is 0.151. The van der Waals surface area contributed by atoms with E-state index in [2.05, 4.69) is 24.8 Å². The van der Waals surface area contributed by atoms with Crippen LogP contribution in [0.4, 0.5) is 0 Å². The second-order valence-electron chi connectivity index (χ2n) is 5.68. The molecule has 1 aromatic rings. The SMILES string of the molecule is CCC(N)C(c1ccco1)N1CCCCCC1CC. The molecule has 108 valence electrons. The molecule has 3 atom stereocenters. The fraction of sp³-hybridized carbons (Fsp3) is 0.750. The van der Waals surface area contributed by atoms with Gasteiger partial charge in [0.2, 0.25) is 0 Å². The van der Waals surface area contributed by atoms with Crippen molar-refractivity contribution in [2.45, 2.75) is 70.5 Å².